The molecule has 0 fully saturated rings. The average molecular weight is 234 g/mol. The second-order valence-electron chi connectivity index (χ2n) is 4.24. The molecule has 3 heteroatoms. The summed E-state index contributed by atoms with van der Waals surface area (Å²) in [6, 6.07) is 4.71. The molecule has 1 aromatic carbocycles. The van der Waals surface area contributed by atoms with Gasteiger partial charge in [-0.05, 0) is 36.6 Å². The quantitative estimate of drug-likeness (QED) is 0.593. The zero-order chi connectivity index (χ0) is 12.4. The largest absolute Gasteiger partial charge is 0.466 e. The van der Waals surface area contributed by atoms with Gasteiger partial charge in [0, 0.05) is 5.92 Å². The van der Waals surface area contributed by atoms with Crippen molar-refractivity contribution in [3.63, 3.8) is 0 Å². The number of benzene rings is 1. The lowest BCUT2D eigenvalue weighted by molar-refractivity contribution is -0.143. The first kappa shape index (κ1) is 11.8. The predicted octanol–water partition coefficient (Wildman–Crippen LogP) is 2.97. The van der Waals surface area contributed by atoms with E-state index in [1.165, 1.54) is 12.1 Å². The van der Waals surface area contributed by atoms with E-state index in [-0.39, 0.29) is 24.1 Å². The van der Waals surface area contributed by atoms with Crippen molar-refractivity contribution in [1.29, 1.82) is 0 Å². The van der Waals surface area contributed by atoms with Crippen LogP contribution in [0.1, 0.15) is 30.4 Å². The summed E-state index contributed by atoms with van der Waals surface area (Å²) in [5.74, 6) is -0.622. The highest BCUT2D eigenvalue weighted by atomic mass is 19.1. The van der Waals surface area contributed by atoms with Gasteiger partial charge in [-0.2, -0.15) is 0 Å². The number of rotatable bonds is 3. The first-order valence-corrected chi connectivity index (χ1v) is 5.73. The molecule has 0 amide bonds. The molecule has 0 aliphatic heterocycles. The van der Waals surface area contributed by atoms with Crippen molar-refractivity contribution < 1.29 is 13.9 Å². The molecule has 0 heterocycles. The number of allylic oxidation sites excluding steroid dienone is 1. The minimum atomic E-state index is -0.271. The molecule has 0 bridgehead atoms. The fraction of sp³-hybridized carbons (Fsp3) is 0.357. The Hall–Kier alpha value is -1.64. The Kier molecular flexibility index (Phi) is 3.27. The minimum Gasteiger partial charge on any atom is -0.466 e. The van der Waals surface area contributed by atoms with Crippen LogP contribution in [-0.4, -0.2) is 12.6 Å². The van der Waals surface area contributed by atoms with Crippen molar-refractivity contribution in [1.82, 2.24) is 0 Å². The van der Waals surface area contributed by atoms with Gasteiger partial charge in [-0.15, -0.1) is 0 Å². The van der Waals surface area contributed by atoms with Gasteiger partial charge in [0.25, 0.3) is 0 Å². The van der Waals surface area contributed by atoms with Crippen LogP contribution in [0, 0.1) is 5.82 Å². The second-order valence-corrected chi connectivity index (χ2v) is 4.24. The Bertz CT molecular complexity index is 465. The normalized spacial score (nSPS) is 18.0. The highest BCUT2D eigenvalue weighted by Crippen LogP contribution is 2.39. The van der Waals surface area contributed by atoms with E-state index in [2.05, 4.69) is 6.58 Å². The lowest BCUT2D eigenvalue weighted by atomic mass is 9.95. The summed E-state index contributed by atoms with van der Waals surface area (Å²) in [4.78, 5) is 11.5. The summed E-state index contributed by atoms with van der Waals surface area (Å²) in [5, 5.41) is 0. The van der Waals surface area contributed by atoms with Gasteiger partial charge < -0.3 is 4.74 Å². The van der Waals surface area contributed by atoms with Crippen LogP contribution in [0.25, 0.3) is 0 Å². The van der Waals surface area contributed by atoms with Crippen LogP contribution in [-0.2, 0) is 16.0 Å². The number of ether oxygens (including phenoxy) is 1. The zero-order valence-electron chi connectivity index (χ0n) is 9.83. The van der Waals surface area contributed by atoms with Crippen molar-refractivity contribution >= 4 is 5.97 Å². The predicted molar refractivity (Wildman–Crippen MR) is 63.2 cm³/mol. The monoisotopic (exact) mass is 234 g/mol. The van der Waals surface area contributed by atoms with Crippen LogP contribution in [0.15, 0.2) is 30.4 Å². The average Bonchev–Trinajstić information content (AvgIpc) is 2.56. The number of halogens is 1. The van der Waals surface area contributed by atoms with Gasteiger partial charge in [0.05, 0.1) is 13.0 Å². The van der Waals surface area contributed by atoms with Gasteiger partial charge in [-0.25, -0.2) is 4.39 Å². The van der Waals surface area contributed by atoms with E-state index < -0.39 is 0 Å². The topological polar surface area (TPSA) is 26.3 Å². The molecule has 0 aromatic heterocycles. The molecule has 1 aromatic rings. The van der Waals surface area contributed by atoms with Crippen LogP contribution in [0.2, 0.25) is 0 Å². The molecule has 90 valence electrons. The van der Waals surface area contributed by atoms with E-state index in [0.717, 1.165) is 23.1 Å². The maximum atomic E-state index is 13.2. The molecule has 1 aliphatic carbocycles. The number of hydrogen-bond donors (Lipinski definition) is 0. The highest BCUT2D eigenvalue weighted by molar-refractivity contribution is 5.72. The second kappa shape index (κ2) is 4.70. The van der Waals surface area contributed by atoms with Crippen LogP contribution in [0.3, 0.4) is 0 Å². The third kappa shape index (κ3) is 2.38. The Balaban J connectivity index is 2.22. The number of fused-ring (bicyclic) bond motifs is 1. The van der Waals surface area contributed by atoms with Crippen molar-refractivity contribution in [2.45, 2.75) is 25.7 Å². The van der Waals surface area contributed by atoms with Crippen LogP contribution in [0.4, 0.5) is 4.39 Å². The van der Waals surface area contributed by atoms with E-state index in [0.29, 0.717) is 6.61 Å². The summed E-state index contributed by atoms with van der Waals surface area (Å²) >= 11 is 0. The van der Waals surface area contributed by atoms with E-state index in [4.69, 9.17) is 4.74 Å². The van der Waals surface area contributed by atoms with Gasteiger partial charge in [-0.3, -0.25) is 4.79 Å². The molecular weight excluding hydrogens is 219 g/mol. The Morgan fingerprint density at radius 2 is 2.35 bits per heavy atom. The zero-order valence-corrected chi connectivity index (χ0v) is 9.83. The van der Waals surface area contributed by atoms with Crippen molar-refractivity contribution in [2.75, 3.05) is 6.61 Å². The molecule has 2 nitrogen and oxygen atoms in total. The summed E-state index contributed by atoms with van der Waals surface area (Å²) < 4.78 is 18.1. The van der Waals surface area contributed by atoms with E-state index in [1.807, 2.05) is 0 Å². The number of carbonyl (C=O) groups excluding carboxylic acids is 1. The summed E-state index contributed by atoms with van der Waals surface area (Å²) in [5.41, 5.74) is 2.90. The van der Waals surface area contributed by atoms with E-state index in [1.54, 1.807) is 13.0 Å². The van der Waals surface area contributed by atoms with Crippen LogP contribution in [0.5, 0.6) is 0 Å². The smallest absolute Gasteiger partial charge is 0.306 e. The van der Waals surface area contributed by atoms with Crippen LogP contribution < -0.4 is 0 Å². The van der Waals surface area contributed by atoms with Crippen molar-refractivity contribution in [3.8, 4) is 0 Å². The number of esters is 1. The first-order chi connectivity index (χ1) is 8.11. The number of carbonyl (C=O) groups is 1. The van der Waals surface area contributed by atoms with Gasteiger partial charge in [-0.1, -0.05) is 18.2 Å². The summed E-state index contributed by atoms with van der Waals surface area (Å²) in [6.07, 6.45) is 0.975. The molecule has 0 radical (unpaired) electrons. The Morgan fingerprint density at radius 3 is 3.06 bits per heavy atom. The molecular formula is C14H15FO2. The molecule has 1 aliphatic rings. The maximum absolute atomic E-state index is 13.2. The Labute approximate surface area is 100 Å². The Morgan fingerprint density at radius 1 is 1.59 bits per heavy atom. The maximum Gasteiger partial charge on any atom is 0.306 e. The molecule has 0 N–H and O–H groups in total. The summed E-state index contributed by atoms with van der Waals surface area (Å²) in [7, 11) is 0. The molecule has 1 atom stereocenters. The standard InChI is InChI=1S/C14H15FO2/c1-3-17-14(16)8-12-9(2)6-10-4-5-11(15)7-13(10)12/h4-5,7,12H,2-3,6,8H2,1H3. The van der Waals surface area contributed by atoms with Gasteiger partial charge in [0.15, 0.2) is 0 Å². The van der Waals surface area contributed by atoms with Crippen LogP contribution >= 0.6 is 0 Å². The van der Waals surface area contributed by atoms with Gasteiger partial charge in [0.1, 0.15) is 5.82 Å². The molecule has 0 saturated carbocycles. The fourth-order valence-corrected chi connectivity index (χ4v) is 2.28. The fourth-order valence-electron chi connectivity index (χ4n) is 2.28. The van der Waals surface area contributed by atoms with Crippen molar-refractivity contribution in [3.05, 3.63) is 47.3 Å². The highest BCUT2D eigenvalue weighted by Gasteiger charge is 2.28. The molecule has 17 heavy (non-hydrogen) atoms. The molecule has 0 saturated heterocycles. The molecule has 1 unspecified atom stereocenters. The minimum absolute atomic E-state index is 0.0975. The third-order valence-electron chi connectivity index (χ3n) is 3.07. The van der Waals surface area contributed by atoms with E-state index >= 15 is 0 Å². The van der Waals surface area contributed by atoms with Gasteiger partial charge in [0.2, 0.25) is 0 Å². The van der Waals surface area contributed by atoms with Gasteiger partial charge >= 0.3 is 5.97 Å². The van der Waals surface area contributed by atoms with E-state index in [9.17, 15) is 9.18 Å². The molecule has 0 spiro atoms. The lowest BCUT2D eigenvalue weighted by Crippen LogP contribution is -2.09. The number of hydrogen-bond acceptors (Lipinski definition) is 2. The van der Waals surface area contributed by atoms with Crippen molar-refractivity contribution in [2.24, 2.45) is 0 Å². The summed E-state index contributed by atoms with van der Waals surface area (Å²) in [6.45, 7) is 6.10. The SMILES string of the molecule is C=C1Cc2ccc(F)cc2C1CC(=O)OCC. The lowest BCUT2D eigenvalue weighted by Gasteiger charge is -2.12. The third-order valence-corrected chi connectivity index (χ3v) is 3.07. The first-order valence-electron chi connectivity index (χ1n) is 5.73. The molecule has 2 rings (SSSR count).